The summed E-state index contributed by atoms with van der Waals surface area (Å²) in [6.07, 6.45) is 0.717. The van der Waals surface area contributed by atoms with Gasteiger partial charge in [-0.3, -0.25) is 0 Å². The Kier molecular flexibility index (Phi) is 2.87. The predicted octanol–water partition coefficient (Wildman–Crippen LogP) is 0.604. The molecule has 0 saturated carbocycles. The smallest absolute Gasteiger partial charge is 0.219 e. The molecule has 0 bridgehead atoms. The number of anilines is 1. The topological polar surface area (TPSA) is 54.8 Å². The molecule has 0 aliphatic carbocycles. The molecule has 98 valence electrons. The Morgan fingerprint density at radius 2 is 2.17 bits per heavy atom. The summed E-state index contributed by atoms with van der Waals surface area (Å²) >= 11 is 0. The van der Waals surface area contributed by atoms with Gasteiger partial charge in [-0.1, -0.05) is 0 Å². The van der Waals surface area contributed by atoms with Gasteiger partial charge in [0.1, 0.15) is 11.4 Å². The first kappa shape index (κ1) is 11.7. The van der Waals surface area contributed by atoms with Gasteiger partial charge in [0.15, 0.2) is 0 Å². The van der Waals surface area contributed by atoms with Gasteiger partial charge in [-0.15, -0.1) is 0 Å². The summed E-state index contributed by atoms with van der Waals surface area (Å²) in [7, 11) is 0. The molecule has 1 atom stereocenters. The molecule has 18 heavy (non-hydrogen) atoms. The molecular weight excluding hydrogens is 232 g/mol. The Labute approximate surface area is 106 Å². The number of hydrogen-bond acceptors (Lipinski definition) is 5. The van der Waals surface area contributed by atoms with Crippen molar-refractivity contribution < 1.29 is 14.6 Å². The predicted molar refractivity (Wildman–Crippen MR) is 67.1 cm³/mol. The molecule has 3 rings (SSSR count). The highest BCUT2D eigenvalue weighted by Gasteiger charge is 2.35. The number of morpholine rings is 1. The average Bonchev–Trinajstić information content (AvgIpc) is 2.76. The lowest BCUT2D eigenvalue weighted by Gasteiger charge is -2.28. The SMILES string of the molecule is CC1(CO)Cc2ccc(N3CCOCC3)nc2O1. The summed E-state index contributed by atoms with van der Waals surface area (Å²) in [5.74, 6) is 1.59. The van der Waals surface area contributed by atoms with Crippen LogP contribution in [0.3, 0.4) is 0 Å². The normalized spacial score (nSPS) is 26.9. The molecule has 1 saturated heterocycles. The highest BCUT2D eigenvalue weighted by Crippen LogP contribution is 2.34. The summed E-state index contributed by atoms with van der Waals surface area (Å²) in [4.78, 5) is 6.75. The van der Waals surface area contributed by atoms with E-state index in [4.69, 9.17) is 9.47 Å². The zero-order chi connectivity index (χ0) is 12.6. The fourth-order valence-corrected chi connectivity index (χ4v) is 2.41. The molecule has 1 aromatic heterocycles. The number of rotatable bonds is 2. The van der Waals surface area contributed by atoms with Crippen LogP contribution in [-0.4, -0.2) is 48.6 Å². The lowest BCUT2D eigenvalue weighted by atomic mass is 10.0. The third-order valence-electron chi connectivity index (χ3n) is 3.50. The van der Waals surface area contributed by atoms with Crippen molar-refractivity contribution in [1.82, 2.24) is 4.98 Å². The van der Waals surface area contributed by atoms with Crippen molar-refractivity contribution in [3.8, 4) is 5.88 Å². The summed E-state index contributed by atoms with van der Waals surface area (Å²) < 4.78 is 11.1. The zero-order valence-electron chi connectivity index (χ0n) is 10.6. The van der Waals surface area contributed by atoms with Gasteiger partial charge >= 0.3 is 0 Å². The average molecular weight is 250 g/mol. The molecule has 0 spiro atoms. The maximum Gasteiger partial charge on any atom is 0.219 e. The molecule has 3 heterocycles. The Bertz CT molecular complexity index is 446. The standard InChI is InChI=1S/C13H18N2O3/c1-13(9-16)8-10-2-3-11(14-12(10)18-13)15-4-6-17-7-5-15/h2-3,16H,4-9H2,1H3. The molecule has 5 heteroatoms. The fourth-order valence-electron chi connectivity index (χ4n) is 2.41. The van der Waals surface area contributed by atoms with Crippen LogP contribution in [0, 0.1) is 0 Å². The first-order valence-electron chi connectivity index (χ1n) is 6.33. The number of hydrogen-bond donors (Lipinski definition) is 1. The number of nitrogens with zero attached hydrogens (tertiary/aromatic N) is 2. The highest BCUT2D eigenvalue weighted by atomic mass is 16.5. The van der Waals surface area contributed by atoms with Crippen LogP contribution in [0.15, 0.2) is 12.1 Å². The van der Waals surface area contributed by atoms with Crippen LogP contribution < -0.4 is 9.64 Å². The van der Waals surface area contributed by atoms with Gasteiger partial charge in [-0.25, -0.2) is 0 Å². The second kappa shape index (κ2) is 4.40. The summed E-state index contributed by atoms with van der Waals surface area (Å²) in [6.45, 7) is 5.13. The van der Waals surface area contributed by atoms with E-state index in [2.05, 4.69) is 9.88 Å². The minimum absolute atomic E-state index is 0.0102. The van der Waals surface area contributed by atoms with Crippen LogP contribution in [0.4, 0.5) is 5.82 Å². The van der Waals surface area contributed by atoms with Gasteiger partial charge in [-0.2, -0.15) is 4.98 Å². The molecular formula is C13H18N2O3. The van der Waals surface area contributed by atoms with Gasteiger partial charge in [0.05, 0.1) is 19.8 Å². The zero-order valence-corrected chi connectivity index (χ0v) is 10.6. The maximum atomic E-state index is 9.34. The molecule has 0 amide bonds. The largest absolute Gasteiger partial charge is 0.468 e. The molecule has 1 fully saturated rings. The van der Waals surface area contributed by atoms with Crippen LogP contribution in [0.5, 0.6) is 5.88 Å². The first-order valence-corrected chi connectivity index (χ1v) is 6.33. The van der Waals surface area contributed by atoms with Gasteiger partial charge in [0.25, 0.3) is 0 Å². The van der Waals surface area contributed by atoms with Crippen molar-refractivity contribution in [2.24, 2.45) is 0 Å². The van der Waals surface area contributed by atoms with Crippen LogP contribution >= 0.6 is 0 Å². The lowest BCUT2D eigenvalue weighted by Crippen LogP contribution is -2.36. The van der Waals surface area contributed by atoms with E-state index < -0.39 is 5.60 Å². The van der Waals surface area contributed by atoms with E-state index in [1.807, 2.05) is 19.1 Å². The molecule has 5 nitrogen and oxygen atoms in total. The van der Waals surface area contributed by atoms with Gasteiger partial charge in [-0.05, 0) is 19.1 Å². The van der Waals surface area contributed by atoms with E-state index in [0.717, 1.165) is 44.1 Å². The third-order valence-corrected chi connectivity index (χ3v) is 3.50. The molecule has 0 aromatic carbocycles. The molecule has 0 radical (unpaired) electrons. The van der Waals surface area contributed by atoms with Gasteiger partial charge in [0, 0.05) is 25.1 Å². The Morgan fingerprint density at radius 3 is 2.89 bits per heavy atom. The van der Waals surface area contributed by atoms with E-state index in [1.54, 1.807) is 0 Å². The van der Waals surface area contributed by atoms with Gasteiger partial charge < -0.3 is 19.5 Å². The van der Waals surface area contributed by atoms with E-state index >= 15 is 0 Å². The van der Waals surface area contributed by atoms with Crippen molar-refractivity contribution in [2.45, 2.75) is 18.9 Å². The van der Waals surface area contributed by atoms with E-state index in [-0.39, 0.29) is 6.61 Å². The van der Waals surface area contributed by atoms with Crippen LogP contribution in [0.2, 0.25) is 0 Å². The molecule has 2 aliphatic rings. The molecule has 1 aromatic rings. The summed E-state index contributed by atoms with van der Waals surface area (Å²) in [6, 6.07) is 4.07. The summed E-state index contributed by atoms with van der Waals surface area (Å²) in [5, 5.41) is 9.34. The van der Waals surface area contributed by atoms with Gasteiger partial charge in [0.2, 0.25) is 5.88 Å². The summed E-state index contributed by atoms with van der Waals surface area (Å²) in [5.41, 5.74) is 0.558. The Hall–Kier alpha value is -1.33. The van der Waals surface area contributed by atoms with E-state index in [1.165, 1.54) is 0 Å². The number of aliphatic hydroxyl groups is 1. The minimum atomic E-state index is -0.515. The van der Waals surface area contributed by atoms with E-state index in [9.17, 15) is 5.11 Å². The van der Waals surface area contributed by atoms with Crippen LogP contribution in [-0.2, 0) is 11.2 Å². The van der Waals surface area contributed by atoms with E-state index in [0.29, 0.717) is 5.88 Å². The number of aromatic nitrogens is 1. The molecule has 1 N–H and O–H groups in total. The van der Waals surface area contributed by atoms with Crippen molar-refractivity contribution in [3.63, 3.8) is 0 Å². The lowest BCUT2D eigenvalue weighted by molar-refractivity contribution is 0.0416. The molecule has 2 aliphatic heterocycles. The number of pyridine rings is 1. The fraction of sp³-hybridized carbons (Fsp3) is 0.615. The maximum absolute atomic E-state index is 9.34. The minimum Gasteiger partial charge on any atom is -0.468 e. The Morgan fingerprint density at radius 1 is 1.39 bits per heavy atom. The second-order valence-corrected chi connectivity index (χ2v) is 5.12. The van der Waals surface area contributed by atoms with Crippen LogP contribution in [0.1, 0.15) is 12.5 Å². The van der Waals surface area contributed by atoms with Crippen molar-refractivity contribution in [2.75, 3.05) is 37.8 Å². The first-order chi connectivity index (χ1) is 8.70. The van der Waals surface area contributed by atoms with Crippen molar-refractivity contribution >= 4 is 5.82 Å². The number of fused-ring (bicyclic) bond motifs is 1. The van der Waals surface area contributed by atoms with Crippen LogP contribution in [0.25, 0.3) is 0 Å². The molecule has 1 unspecified atom stereocenters. The monoisotopic (exact) mass is 250 g/mol. The third kappa shape index (κ3) is 2.04. The Balaban J connectivity index is 1.83. The highest BCUT2D eigenvalue weighted by molar-refractivity contribution is 5.46. The number of ether oxygens (including phenoxy) is 2. The van der Waals surface area contributed by atoms with Crippen molar-refractivity contribution in [3.05, 3.63) is 17.7 Å². The van der Waals surface area contributed by atoms with Crippen molar-refractivity contribution in [1.29, 1.82) is 0 Å². The second-order valence-electron chi connectivity index (χ2n) is 5.12. The quantitative estimate of drug-likeness (QED) is 0.833. The number of aliphatic hydroxyl groups excluding tert-OH is 1.